The molecular formula is C15H16ClNO. The van der Waals surface area contributed by atoms with Crippen LogP contribution in [0, 0.1) is 0 Å². The van der Waals surface area contributed by atoms with Gasteiger partial charge in [0.2, 0.25) is 0 Å². The Balaban J connectivity index is 1.86. The number of nitrogens with zero attached hydrogens (tertiary/aromatic N) is 1. The van der Waals surface area contributed by atoms with Crippen LogP contribution < -0.4 is 0 Å². The van der Waals surface area contributed by atoms with Gasteiger partial charge in [0.1, 0.15) is 0 Å². The van der Waals surface area contributed by atoms with E-state index < -0.39 is 0 Å². The third-order valence-electron chi connectivity index (χ3n) is 2.92. The van der Waals surface area contributed by atoms with Crippen molar-refractivity contribution >= 4 is 11.6 Å². The summed E-state index contributed by atoms with van der Waals surface area (Å²) in [5.41, 5.74) is 2.20. The summed E-state index contributed by atoms with van der Waals surface area (Å²) in [7, 11) is 0. The zero-order chi connectivity index (χ0) is 12.8. The molecule has 0 aliphatic rings. The number of pyridine rings is 1. The van der Waals surface area contributed by atoms with Gasteiger partial charge in [-0.05, 0) is 36.5 Å². The maximum atomic E-state index is 10.0. The molecule has 3 heteroatoms. The first kappa shape index (κ1) is 13.1. The summed E-state index contributed by atoms with van der Waals surface area (Å²) in [5, 5.41) is 10.6. The lowest BCUT2D eigenvalue weighted by atomic mass is 10.0. The first-order valence-electron chi connectivity index (χ1n) is 6.06. The van der Waals surface area contributed by atoms with Gasteiger partial charge in [-0.2, -0.15) is 0 Å². The molecule has 0 saturated heterocycles. The Hall–Kier alpha value is -1.38. The van der Waals surface area contributed by atoms with Crippen LogP contribution in [0.25, 0.3) is 0 Å². The van der Waals surface area contributed by atoms with E-state index in [1.165, 1.54) is 5.56 Å². The van der Waals surface area contributed by atoms with Crippen molar-refractivity contribution in [1.82, 2.24) is 4.98 Å². The number of aryl methyl sites for hydroxylation is 1. The minimum absolute atomic E-state index is 0.370. The molecule has 1 atom stereocenters. The number of aromatic nitrogens is 1. The Labute approximate surface area is 112 Å². The number of hydrogen-bond acceptors (Lipinski definition) is 2. The molecule has 0 bridgehead atoms. The van der Waals surface area contributed by atoms with E-state index >= 15 is 0 Å². The molecule has 1 aromatic heterocycles. The summed E-state index contributed by atoms with van der Waals surface area (Å²) in [6, 6.07) is 12.0. The number of hydrogen-bond donors (Lipinski definition) is 1. The second-order valence-electron chi connectivity index (χ2n) is 4.35. The zero-order valence-electron chi connectivity index (χ0n) is 10.1. The van der Waals surface area contributed by atoms with E-state index in [9.17, 15) is 5.11 Å². The zero-order valence-corrected chi connectivity index (χ0v) is 10.8. The standard InChI is InChI=1S/C15H16ClNO/c16-15-11-17-9-8-13(15)10-14(18)7-6-12-4-2-1-3-5-12/h1-5,8-9,11,14,18H,6-7,10H2. The van der Waals surface area contributed by atoms with E-state index in [2.05, 4.69) is 17.1 Å². The van der Waals surface area contributed by atoms with E-state index in [4.69, 9.17) is 11.6 Å². The molecule has 0 aliphatic heterocycles. The lowest BCUT2D eigenvalue weighted by Gasteiger charge is -2.11. The first-order chi connectivity index (χ1) is 8.75. The Bertz CT molecular complexity index is 487. The van der Waals surface area contributed by atoms with E-state index in [1.54, 1.807) is 12.4 Å². The highest BCUT2D eigenvalue weighted by atomic mass is 35.5. The van der Waals surface area contributed by atoms with Crippen molar-refractivity contribution in [3.63, 3.8) is 0 Å². The third kappa shape index (κ3) is 3.83. The topological polar surface area (TPSA) is 33.1 Å². The van der Waals surface area contributed by atoms with Crippen molar-refractivity contribution in [2.75, 3.05) is 0 Å². The average molecular weight is 262 g/mol. The van der Waals surface area contributed by atoms with Crippen molar-refractivity contribution in [3.8, 4) is 0 Å². The molecule has 0 amide bonds. The average Bonchev–Trinajstić information content (AvgIpc) is 2.40. The summed E-state index contributed by atoms with van der Waals surface area (Å²) < 4.78 is 0. The molecule has 0 radical (unpaired) electrons. The van der Waals surface area contributed by atoms with Gasteiger partial charge in [0.15, 0.2) is 0 Å². The summed E-state index contributed by atoms with van der Waals surface area (Å²) in [5.74, 6) is 0. The van der Waals surface area contributed by atoms with Gasteiger partial charge in [0.25, 0.3) is 0 Å². The maximum Gasteiger partial charge on any atom is 0.0622 e. The summed E-state index contributed by atoms with van der Waals surface area (Å²) in [6.07, 6.45) is 5.14. The minimum Gasteiger partial charge on any atom is -0.393 e. The smallest absolute Gasteiger partial charge is 0.0622 e. The highest BCUT2D eigenvalue weighted by Gasteiger charge is 2.08. The van der Waals surface area contributed by atoms with E-state index in [0.29, 0.717) is 11.4 Å². The van der Waals surface area contributed by atoms with Crippen molar-refractivity contribution in [2.45, 2.75) is 25.4 Å². The Morgan fingerprint density at radius 1 is 1.17 bits per heavy atom. The second kappa shape index (κ2) is 6.53. The monoisotopic (exact) mass is 261 g/mol. The van der Waals surface area contributed by atoms with E-state index in [1.807, 2.05) is 24.3 Å². The first-order valence-corrected chi connectivity index (χ1v) is 6.44. The number of aliphatic hydroxyl groups excluding tert-OH is 1. The van der Waals surface area contributed by atoms with Crippen LogP contribution in [0.5, 0.6) is 0 Å². The summed E-state index contributed by atoms with van der Waals surface area (Å²) in [6.45, 7) is 0. The van der Waals surface area contributed by atoms with Crippen LogP contribution in [0.15, 0.2) is 48.8 Å². The predicted octanol–water partition coefficient (Wildman–Crippen LogP) is 3.27. The third-order valence-corrected chi connectivity index (χ3v) is 3.26. The molecule has 1 aromatic carbocycles. The van der Waals surface area contributed by atoms with Gasteiger partial charge in [-0.15, -0.1) is 0 Å². The molecule has 0 saturated carbocycles. The van der Waals surface area contributed by atoms with Crippen LogP contribution in [-0.4, -0.2) is 16.2 Å². The minimum atomic E-state index is -0.370. The molecule has 2 nitrogen and oxygen atoms in total. The van der Waals surface area contributed by atoms with Crippen LogP contribution in [-0.2, 0) is 12.8 Å². The van der Waals surface area contributed by atoms with Crippen molar-refractivity contribution in [3.05, 3.63) is 64.9 Å². The number of halogens is 1. The largest absolute Gasteiger partial charge is 0.393 e. The number of rotatable bonds is 5. The number of benzene rings is 1. The quantitative estimate of drug-likeness (QED) is 0.896. The van der Waals surface area contributed by atoms with Crippen molar-refractivity contribution in [2.24, 2.45) is 0 Å². The van der Waals surface area contributed by atoms with Gasteiger partial charge in [-0.1, -0.05) is 41.9 Å². The maximum absolute atomic E-state index is 10.0. The lowest BCUT2D eigenvalue weighted by molar-refractivity contribution is 0.165. The molecule has 18 heavy (non-hydrogen) atoms. The van der Waals surface area contributed by atoms with E-state index in [-0.39, 0.29) is 6.10 Å². The van der Waals surface area contributed by atoms with Crippen molar-refractivity contribution < 1.29 is 5.11 Å². The molecule has 2 rings (SSSR count). The fraction of sp³-hybridized carbons (Fsp3) is 0.267. The second-order valence-corrected chi connectivity index (χ2v) is 4.76. The summed E-state index contributed by atoms with van der Waals surface area (Å²) >= 11 is 6.01. The molecule has 0 spiro atoms. The van der Waals surface area contributed by atoms with Gasteiger partial charge in [-0.3, -0.25) is 4.98 Å². The molecule has 94 valence electrons. The molecule has 1 heterocycles. The SMILES string of the molecule is OC(CCc1ccccc1)Cc1ccncc1Cl. The van der Waals surface area contributed by atoms with Crippen LogP contribution in [0.1, 0.15) is 17.5 Å². The number of aliphatic hydroxyl groups is 1. The Kier molecular flexibility index (Phi) is 4.73. The highest BCUT2D eigenvalue weighted by molar-refractivity contribution is 6.31. The molecule has 0 aliphatic carbocycles. The molecule has 2 aromatic rings. The van der Waals surface area contributed by atoms with E-state index in [0.717, 1.165) is 18.4 Å². The van der Waals surface area contributed by atoms with Crippen LogP contribution in [0.4, 0.5) is 0 Å². The molecule has 1 unspecified atom stereocenters. The molecule has 0 fully saturated rings. The van der Waals surface area contributed by atoms with Crippen LogP contribution >= 0.6 is 11.6 Å². The fourth-order valence-corrected chi connectivity index (χ4v) is 2.10. The van der Waals surface area contributed by atoms with Gasteiger partial charge in [-0.25, -0.2) is 0 Å². The van der Waals surface area contributed by atoms with Gasteiger partial charge < -0.3 is 5.11 Å². The predicted molar refractivity (Wildman–Crippen MR) is 73.7 cm³/mol. The van der Waals surface area contributed by atoms with Gasteiger partial charge in [0.05, 0.1) is 11.1 Å². The summed E-state index contributed by atoms with van der Waals surface area (Å²) in [4.78, 5) is 3.93. The van der Waals surface area contributed by atoms with Gasteiger partial charge in [0, 0.05) is 12.4 Å². The van der Waals surface area contributed by atoms with Crippen LogP contribution in [0.3, 0.4) is 0 Å². The van der Waals surface area contributed by atoms with Crippen molar-refractivity contribution in [1.29, 1.82) is 0 Å². The lowest BCUT2D eigenvalue weighted by Crippen LogP contribution is -2.12. The molecular weight excluding hydrogens is 246 g/mol. The Morgan fingerprint density at radius 2 is 1.94 bits per heavy atom. The normalized spacial score (nSPS) is 12.3. The fourth-order valence-electron chi connectivity index (χ4n) is 1.90. The van der Waals surface area contributed by atoms with Crippen LogP contribution in [0.2, 0.25) is 5.02 Å². The molecule has 1 N–H and O–H groups in total. The van der Waals surface area contributed by atoms with Gasteiger partial charge >= 0.3 is 0 Å². The highest BCUT2D eigenvalue weighted by Crippen LogP contribution is 2.17. The Morgan fingerprint density at radius 3 is 2.67 bits per heavy atom.